The van der Waals surface area contributed by atoms with Gasteiger partial charge in [0.25, 0.3) is 0 Å². The molecule has 0 unspecified atom stereocenters. The van der Waals surface area contributed by atoms with E-state index in [9.17, 15) is 0 Å². The first kappa shape index (κ1) is 45.4. The smallest absolute Gasteiger partial charge is 0.0562 e. The summed E-state index contributed by atoms with van der Waals surface area (Å²) in [5, 5.41) is 14.7. The number of hydrogen-bond donors (Lipinski definition) is 0. The zero-order valence-electron chi connectivity index (χ0n) is 45.4. The average molecular weight is 1070 g/mol. The van der Waals surface area contributed by atoms with Gasteiger partial charge in [-0.15, -0.1) is 0 Å². The number of aromatic nitrogens is 6. The molecule has 19 rings (SSSR count). The Hall–Kier alpha value is -11.3. The molecule has 0 aliphatic rings. The Kier molecular flexibility index (Phi) is 9.24. The second-order valence-electron chi connectivity index (χ2n) is 22.5. The van der Waals surface area contributed by atoms with Gasteiger partial charge in [-0.05, 0) is 140 Å². The van der Waals surface area contributed by atoms with Crippen molar-refractivity contribution in [2.24, 2.45) is 0 Å². The van der Waals surface area contributed by atoms with E-state index in [1.165, 1.54) is 109 Å². The molecule has 6 heteroatoms. The average Bonchev–Trinajstić information content (AvgIpc) is 2.14. The van der Waals surface area contributed by atoms with Crippen LogP contribution in [-0.4, -0.2) is 27.4 Å². The van der Waals surface area contributed by atoms with Gasteiger partial charge in [-0.2, -0.15) is 0 Å². The van der Waals surface area contributed by atoms with Crippen molar-refractivity contribution in [1.82, 2.24) is 27.4 Å². The molecule has 6 nitrogen and oxygen atoms in total. The number of para-hydroxylation sites is 8. The highest BCUT2D eigenvalue weighted by Gasteiger charge is 2.23. The van der Waals surface area contributed by atoms with Crippen molar-refractivity contribution in [1.29, 1.82) is 0 Å². The number of nitrogens with zero attached hydrogens (tertiary/aromatic N) is 6. The fourth-order valence-corrected chi connectivity index (χ4v) is 14.7. The van der Waals surface area contributed by atoms with Crippen LogP contribution in [0, 0.1) is 0 Å². The molecule has 84 heavy (non-hydrogen) atoms. The summed E-state index contributed by atoms with van der Waals surface area (Å²) in [5.74, 6) is 0. The lowest BCUT2D eigenvalue weighted by atomic mass is 10.1. The van der Waals surface area contributed by atoms with Crippen LogP contribution in [0.1, 0.15) is 0 Å². The van der Waals surface area contributed by atoms with E-state index in [0.717, 1.165) is 56.2 Å². The summed E-state index contributed by atoms with van der Waals surface area (Å²) in [6.45, 7) is 0. The van der Waals surface area contributed by atoms with Crippen molar-refractivity contribution in [2.45, 2.75) is 0 Å². The van der Waals surface area contributed by atoms with E-state index in [4.69, 9.17) is 0 Å². The lowest BCUT2D eigenvalue weighted by Gasteiger charge is -2.14. The molecule has 0 spiro atoms. The molecule has 0 atom stereocenters. The Labute approximate surface area is 480 Å². The van der Waals surface area contributed by atoms with Crippen LogP contribution in [0.2, 0.25) is 0 Å². The third-order valence-electron chi connectivity index (χ3n) is 18.1. The summed E-state index contributed by atoms with van der Waals surface area (Å²) >= 11 is 0. The van der Waals surface area contributed by atoms with Crippen LogP contribution in [0.4, 0.5) is 0 Å². The van der Waals surface area contributed by atoms with Crippen LogP contribution in [-0.2, 0) is 0 Å². The number of benzene rings is 13. The van der Waals surface area contributed by atoms with E-state index >= 15 is 0 Å². The summed E-state index contributed by atoms with van der Waals surface area (Å²) in [7, 11) is 0. The van der Waals surface area contributed by atoms with Crippen molar-refractivity contribution in [3.63, 3.8) is 0 Å². The van der Waals surface area contributed by atoms with Gasteiger partial charge in [-0.3, -0.25) is 0 Å². The summed E-state index contributed by atoms with van der Waals surface area (Å²) in [4.78, 5) is 0. The maximum Gasteiger partial charge on any atom is 0.0562 e. The van der Waals surface area contributed by atoms with Gasteiger partial charge < -0.3 is 27.4 Å². The lowest BCUT2D eigenvalue weighted by molar-refractivity contribution is 1.13. The lowest BCUT2D eigenvalue weighted by Crippen LogP contribution is -1.99. The highest BCUT2D eigenvalue weighted by Crippen LogP contribution is 2.44. The number of rotatable bonds is 6. The molecular weight excluding hydrogens is 1020 g/mol. The molecule has 0 fully saturated rings. The second kappa shape index (κ2) is 17.1. The number of fused-ring (bicyclic) bond motifs is 18. The highest BCUT2D eigenvalue weighted by molar-refractivity contribution is 6.22. The maximum atomic E-state index is 2.49. The van der Waals surface area contributed by atoms with E-state index in [2.05, 4.69) is 319 Å². The molecule has 0 bridgehead atoms. The molecular formula is C78H48N6. The van der Waals surface area contributed by atoms with Gasteiger partial charge in [0, 0.05) is 98.8 Å². The SMILES string of the molecule is c1ccc(-n2c3ccccc3c3cc(-n4c5ccccc5c5cc6c7ccccc7n(-c7cccc(-n8c9ccccc9c9cc%10c%11ccccc%11n(-c%11ccc%12c(c%11)c%11ccccc%11n%12-c%11ccccc%11)c%10cc98)c7)c6cc54)ccc32)cc1. The van der Waals surface area contributed by atoms with Gasteiger partial charge in [-0.1, -0.05) is 152 Å². The first-order valence-electron chi connectivity index (χ1n) is 28.9. The van der Waals surface area contributed by atoms with Crippen molar-refractivity contribution in [3.05, 3.63) is 291 Å². The summed E-state index contributed by atoms with van der Waals surface area (Å²) < 4.78 is 14.7. The van der Waals surface area contributed by atoms with E-state index in [1.807, 2.05) is 0 Å². The van der Waals surface area contributed by atoms with E-state index in [1.54, 1.807) is 0 Å². The van der Waals surface area contributed by atoms with Crippen LogP contribution in [0.25, 0.3) is 165 Å². The maximum absolute atomic E-state index is 2.49. The third-order valence-corrected chi connectivity index (χ3v) is 18.1. The molecule has 0 aliphatic carbocycles. The van der Waals surface area contributed by atoms with Gasteiger partial charge in [0.15, 0.2) is 0 Å². The molecule has 19 aromatic rings. The minimum absolute atomic E-state index is 1.10. The largest absolute Gasteiger partial charge is 0.309 e. The first-order chi connectivity index (χ1) is 41.7. The Morgan fingerprint density at radius 2 is 0.345 bits per heavy atom. The molecule has 0 N–H and O–H groups in total. The third kappa shape index (κ3) is 6.23. The molecule has 6 aromatic heterocycles. The molecule has 0 aliphatic heterocycles. The Morgan fingerprint density at radius 3 is 0.655 bits per heavy atom. The zero-order valence-corrected chi connectivity index (χ0v) is 45.4. The molecule has 0 radical (unpaired) electrons. The Morgan fingerprint density at radius 1 is 0.119 bits per heavy atom. The Bertz CT molecular complexity index is 5610. The van der Waals surface area contributed by atoms with Crippen molar-refractivity contribution in [2.75, 3.05) is 0 Å². The normalized spacial score (nSPS) is 12.3. The number of hydrogen-bond acceptors (Lipinski definition) is 0. The van der Waals surface area contributed by atoms with Crippen LogP contribution >= 0.6 is 0 Å². The van der Waals surface area contributed by atoms with Gasteiger partial charge >= 0.3 is 0 Å². The molecule has 13 aromatic carbocycles. The minimum Gasteiger partial charge on any atom is -0.309 e. The van der Waals surface area contributed by atoms with Crippen molar-refractivity contribution in [3.8, 4) is 34.1 Å². The van der Waals surface area contributed by atoms with Crippen LogP contribution in [0.5, 0.6) is 0 Å². The fraction of sp³-hybridized carbons (Fsp3) is 0. The molecule has 6 heterocycles. The van der Waals surface area contributed by atoms with Crippen LogP contribution < -0.4 is 0 Å². The first-order valence-corrected chi connectivity index (χ1v) is 28.9. The van der Waals surface area contributed by atoms with Crippen LogP contribution in [0.15, 0.2) is 291 Å². The van der Waals surface area contributed by atoms with Crippen molar-refractivity contribution >= 4 is 131 Å². The molecule has 0 saturated heterocycles. The topological polar surface area (TPSA) is 29.6 Å². The molecule has 0 amide bonds. The van der Waals surface area contributed by atoms with Gasteiger partial charge in [0.2, 0.25) is 0 Å². The van der Waals surface area contributed by atoms with E-state index < -0.39 is 0 Å². The second-order valence-corrected chi connectivity index (χ2v) is 22.5. The Balaban J connectivity index is 0.822. The van der Waals surface area contributed by atoms with E-state index in [0.29, 0.717) is 0 Å². The quantitative estimate of drug-likeness (QED) is 0.159. The summed E-state index contributed by atoms with van der Waals surface area (Å²) in [5.41, 5.74) is 20.9. The van der Waals surface area contributed by atoms with Crippen molar-refractivity contribution < 1.29 is 0 Å². The summed E-state index contributed by atoms with van der Waals surface area (Å²) in [6.07, 6.45) is 0. The molecule has 390 valence electrons. The minimum atomic E-state index is 1.10. The van der Waals surface area contributed by atoms with Gasteiger partial charge in [0.1, 0.15) is 0 Å². The molecule has 0 saturated carbocycles. The van der Waals surface area contributed by atoms with E-state index in [-0.39, 0.29) is 0 Å². The standard InChI is InChI=1S/C78H48N6/c1-3-20-49(21-4-1)79-67-32-13-7-26-55(67)61-43-53(38-40-73(61)79)83-71-36-17-11-30-59(71)65-45-63-57-28-9-15-34-69(57)81(75(63)47-77(65)83)51-24-19-25-52(42-51)82-70-35-16-10-29-58(70)64-46-66-60-31-12-18-37-72(60)84(78(66)48-76(64)82)54-39-41-74-62(44-54)56-27-8-14-33-68(56)80(74)50-22-5-2-6-23-50/h1-48H. The predicted molar refractivity (Wildman–Crippen MR) is 352 cm³/mol. The monoisotopic (exact) mass is 1070 g/mol. The van der Waals surface area contributed by atoms with Crippen LogP contribution in [0.3, 0.4) is 0 Å². The predicted octanol–water partition coefficient (Wildman–Crippen LogP) is 20.3. The fourth-order valence-electron chi connectivity index (χ4n) is 14.7. The summed E-state index contributed by atoms with van der Waals surface area (Å²) in [6, 6.07) is 108. The zero-order chi connectivity index (χ0) is 54.7. The van der Waals surface area contributed by atoms with Gasteiger partial charge in [-0.25, -0.2) is 0 Å². The highest BCUT2D eigenvalue weighted by atomic mass is 15.0. The van der Waals surface area contributed by atoms with Gasteiger partial charge in [0.05, 0.1) is 66.2 Å².